The third-order valence-corrected chi connectivity index (χ3v) is 3.81. The summed E-state index contributed by atoms with van der Waals surface area (Å²) in [4.78, 5) is 10.8. The van der Waals surface area contributed by atoms with Gasteiger partial charge in [-0.15, -0.1) is 11.8 Å². The van der Waals surface area contributed by atoms with E-state index in [1.807, 2.05) is 0 Å². The molecule has 3 nitrogen and oxygen atoms in total. The lowest BCUT2D eigenvalue weighted by molar-refractivity contribution is -0.138. The van der Waals surface area contributed by atoms with Gasteiger partial charge in [-0.25, -0.2) is 8.78 Å². The average Bonchev–Trinajstić information content (AvgIpc) is 2.78. The molecular formula is C11H11F2NO2S. The van der Waals surface area contributed by atoms with Crippen molar-refractivity contribution in [2.45, 2.75) is 17.8 Å². The lowest BCUT2D eigenvalue weighted by Crippen LogP contribution is -2.33. The molecule has 6 heteroatoms. The van der Waals surface area contributed by atoms with Gasteiger partial charge in [0.05, 0.1) is 5.37 Å². The zero-order chi connectivity index (χ0) is 12.4. The van der Waals surface area contributed by atoms with Gasteiger partial charge in [0.1, 0.15) is 6.04 Å². The Kier molecular flexibility index (Phi) is 3.63. The van der Waals surface area contributed by atoms with Crippen LogP contribution in [0.25, 0.3) is 0 Å². The van der Waals surface area contributed by atoms with E-state index >= 15 is 0 Å². The minimum Gasteiger partial charge on any atom is -0.480 e. The van der Waals surface area contributed by atoms with Crippen molar-refractivity contribution in [1.82, 2.24) is 5.32 Å². The summed E-state index contributed by atoms with van der Waals surface area (Å²) in [6, 6.07) is 5.45. The van der Waals surface area contributed by atoms with Crippen molar-refractivity contribution in [2.75, 3.05) is 5.75 Å². The van der Waals surface area contributed by atoms with Crippen LogP contribution < -0.4 is 5.32 Å². The molecule has 0 aliphatic carbocycles. The Balaban J connectivity index is 2.13. The highest BCUT2D eigenvalue weighted by Gasteiger charge is 2.30. The van der Waals surface area contributed by atoms with E-state index in [0.717, 1.165) is 0 Å². The van der Waals surface area contributed by atoms with E-state index in [4.69, 9.17) is 5.11 Å². The second-order valence-corrected chi connectivity index (χ2v) is 4.88. The summed E-state index contributed by atoms with van der Waals surface area (Å²) in [7, 11) is 0. The van der Waals surface area contributed by atoms with Crippen LogP contribution in [-0.4, -0.2) is 22.9 Å². The van der Waals surface area contributed by atoms with Crippen LogP contribution in [0.1, 0.15) is 22.9 Å². The number of carboxylic acids is 1. The zero-order valence-electron chi connectivity index (χ0n) is 8.77. The molecule has 1 aliphatic heterocycles. The van der Waals surface area contributed by atoms with Gasteiger partial charge in [0.15, 0.2) is 0 Å². The normalized spacial score (nSPS) is 24.2. The summed E-state index contributed by atoms with van der Waals surface area (Å²) >= 11 is 1.42. The highest BCUT2D eigenvalue weighted by molar-refractivity contribution is 7.99. The molecule has 0 saturated carbocycles. The Labute approximate surface area is 101 Å². The largest absolute Gasteiger partial charge is 0.480 e. The van der Waals surface area contributed by atoms with Crippen LogP contribution in [0.2, 0.25) is 0 Å². The highest BCUT2D eigenvalue weighted by atomic mass is 32.2. The van der Waals surface area contributed by atoms with Crippen molar-refractivity contribution < 1.29 is 18.7 Å². The first kappa shape index (κ1) is 12.3. The summed E-state index contributed by atoms with van der Waals surface area (Å²) in [5, 5.41) is 11.5. The number of aliphatic carboxylic acids is 1. The third kappa shape index (κ3) is 2.76. The van der Waals surface area contributed by atoms with E-state index in [2.05, 4.69) is 5.32 Å². The Morgan fingerprint density at radius 1 is 1.53 bits per heavy atom. The lowest BCUT2D eigenvalue weighted by Gasteiger charge is -2.12. The van der Waals surface area contributed by atoms with Gasteiger partial charge < -0.3 is 5.11 Å². The molecule has 0 radical (unpaired) electrons. The fourth-order valence-electron chi connectivity index (χ4n) is 1.66. The van der Waals surface area contributed by atoms with Crippen molar-refractivity contribution in [3.63, 3.8) is 0 Å². The van der Waals surface area contributed by atoms with E-state index in [9.17, 15) is 13.6 Å². The first-order chi connectivity index (χ1) is 8.08. The second-order valence-electron chi connectivity index (χ2n) is 3.74. The molecule has 0 aromatic heterocycles. The molecule has 0 bridgehead atoms. The maximum absolute atomic E-state index is 12.5. The number of halogens is 2. The number of hydrogen-bond acceptors (Lipinski definition) is 3. The van der Waals surface area contributed by atoms with Gasteiger partial charge in [-0.05, 0) is 11.6 Å². The monoisotopic (exact) mass is 259 g/mol. The summed E-state index contributed by atoms with van der Waals surface area (Å²) in [6.45, 7) is 0. The molecule has 17 heavy (non-hydrogen) atoms. The Hall–Kier alpha value is -1.14. The van der Waals surface area contributed by atoms with E-state index in [1.165, 1.54) is 23.9 Å². The van der Waals surface area contributed by atoms with Crippen LogP contribution in [-0.2, 0) is 4.79 Å². The third-order valence-electron chi connectivity index (χ3n) is 2.55. The molecule has 0 amide bonds. The predicted octanol–water partition coefficient (Wildman–Crippen LogP) is 2.41. The second kappa shape index (κ2) is 5.01. The van der Waals surface area contributed by atoms with E-state index in [1.54, 1.807) is 12.1 Å². The molecule has 1 unspecified atom stereocenters. The zero-order valence-corrected chi connectivity index (χ0v) is 9.58. The Morgan fingerprint density at radius 3 is 2.88 bits per heavy atom. The number of carboxylic acid groups (broad SMARTS) is 1. The van der Waals surface area contributed by atoms with Gasteiger partial charge >= 0.3 is 5.97 Å². The quantitative estimate of drug-likeness (QED) is 0.875. The fourth-order valence-corrected chi connectivity index (χ4v) is 2.89. The highest BCUT2D eigenvalue weighted by Crippen LogP contribution is 2.34. The first-order valence-corrected chi connectivity index (χ1v) is 6.11. The number of benzene rings is 1. The summed E-state index contributed by atoms with van der Waals surface area (Å²) < 4.78 is 25.0. The van der Waals surface area contributed by atoms with Crippen LogP contribution in [0.15, 0.2) is 24.3 Å². The number of hydrogen-bond donors (Lipinski definition) is 2. The van der Waals surface area contributed by atoms with Crippen molar-refractivity contribution in [2.24, 2.45) is 0 Å². The fraction of sp³-hybridized carbons (Fsp3) is 0.364. The molecule has 92 valence electrons. The van der Waals surface area contributed by atoms with Gasteiger partial charge in [-0.3, -0.25) is 10.1 Å². The summed E-state index contributed by atoms with van der Waals surface area (Å²) in [5.41, 5.74) is 0.653. The standard InChI is InChI=1S/C11H11F2NO2S/c12-9(13)6-2-1-3-7(4-6)10-14-8(5-17-10)11(15)16/h1-4,8-10,14H,5H2,(H,15,16)/t8-,10?/m1/s1. The molecule has 2 N–H and O–H groups in total. The van der Waals surface area contributed by atoms with Gasteiger partial charge in [-0.2, -0.15) is 0 Å². The molecule has 1 heterocycles. The van der Waals surface area contributed by atoms with Gasteiger partial charge in [0, 0.05) is 11.3 Å². The molecule has 1 fully saturated rings. The minimum absolute atomic E-state index is 0.0383. The summed E-state index contributed by atoms with van der Waals surface area (Å²) in [5.74, 6) is -0.469. The van der Waals surface area contributed by atoms with Crippen LogP contribution >= 0.6 is 11.8 Å². The van der Waals surface area contributed by atoms with Gasteiger partial charge in [0.2, 0.25) is 0 Å². The van der Waals surface area contributed by atoms with Gasteiger partial charge in [0.25, 0.3) is 6.43 Å². The van der Waals surface area contributed by atoms with Gasteiger partial charge in [-0.1, -0.05) is 18.2 Å². The molecular weight excluding hydrogens is 248 g/mol. The molecule has 2 atom stereocenters. The maximum Gasteiger partial charge on any atom is 0.321 e. The van der Waals surface area contributed by atoms with E-state index in [-0.39, 0.29) is 10.9 Å². The van der Waals surface area contributed by atoms with Crippen molar-refractivity contribution in [3.05, 3.63) is 35.4 Å². The number of rotatable bonds is 3. The molecule has 1 saturated heterocycles. The van der Waals surface area contributed by atoms with E-state index in [0.29, 0.717) is 11.3 Å². The average molecular weight is 259 g/mol. The topological polar surface area (TPSA) is 49.3 Å². The smallest absolute Gasteiger partial charge is 0.321 e. The SMILES string of the molecule is O=C(O)[C@H]1CSC(c2cccc(C(F)F)c2)N1. The Bertz CT molecular complexity index is 428. The maximum atomic E-state index is 12.5. The number of nitrogens with one attached hydrogen (secondary N) is 1. The Morgan fingerprint density at radius 2 is 2.29 bits per heavy atom. The van der Waals surface area contributed by atoms with Crippen molar-refractivity contribution >= 4 is 17.7 Å². The van der Waals surface area contributed by atoms with Crippen LogP contribution in [0.3, 0.4) is 0 Å². The minimum atomic E-state index is -2.50. The molecule has 1 aromatic carbocycles. The number of thioether (sulfide) groups is 1. The predicted molar refractivity (Wildman–Crippen MR) is 61.2 cm³/mol. The van der Waals surface area contributed by atoms with Crippen LogP contribution in [0.5, 0.6) is 0 Å². The molecule has 1 aromatic rings. The number of alkyl halides is 2. The summed E-state index contributed by atoms with van der Waals surface area (Å²) in [6.07, 6.45) is -2.50. The van der Waals surface area contributed by atoms with Crippen molar-refractivity contribution in [3.8, 4) is 0 Å². The first-order valence-electron chi connectivity index (χ1n) is 5.06. The van der Waals surface area contributed by atoms with E-state index < -0.39 is 18.4 Å². The van der Waals surface area contributed by atoms with Crippen LogP contribution in [0, 0.1) is 0 Å². The molecule has 1 aliphatic rings. The lowest BCUT2D eigenvalue weighted by atomic mass is 10.1. The van der Waals surface area contributed by atoms with Crippen molar-refractivity contribution in [1.29, 1.82) is 0 Å². The molecule has 2 rings (SSSR count). The van der Waals surface area contributed by atoms with Crippen LogP contribution in [0.4, 0.5) is 8.78 Å². The number of carbonyl (C=O) groups is 1. The molecule has 0 spiro atoms.